The first-order valence-corrected chi connectivity index (χ1v) is 6.82. The molecule has 1 rings (SSSR count). The Morgan fingerprint density at radius 2 is 2.22 bits per heavy atom. The van der Waals surface area contributed by atoms with Crippen molar-refractivity contribution in [3.8, 4) is 6.07 Å². The zero-order chi connectivity index (χ0) is 13.8. The topological polar surface area (TPSA) is 87.2 Å². The van der Waals surface area contributed by atoms with Crippen molar-refractivity contribution in [1.29, 1.82) is 5.26 Å². The third-order valence-electron chi connectivity index (χ3n) is 2.44. The van der Waals surface area contributed by atoms with Crippen molar-refractivity contribution < 1.29 is 8.42 Å². The van der Waals surface area contributed by atoms with E-state index in [9.17, 15) is 8.42 Å². The number of likely N-dealkylation sites (N-methyl/N-ethyl adjacent to an activating group) is 1. The summed E-state index contributed by atoms with van der Waals surface area (Å²) in [5.41, 5.74) is 6.10. The SMILES string of the molecule is C=CCN(CC)S(=O)(=O)c1ccc(C#N)cc1N. The standard InChI is InChI=1S/C12H15N3O2S/c1-3-7-15(4-2)18(16,17)12-6-5-10(9-13)8-11(12)14/h3,5-6,8H,1,4,7,14H2,2H3. The zero-order valence-corrected chi connectivity index (χ0v) is 10.9. The van der Waals surface area contributed by atoms with Gasteiger partial charge in [0.25, 0.3) is 0 Å². The molecule has 0 aliphatic rings. The van der Waals surface area contributed by atoms with Gasteiger partial charge >= 0.3 is 0 Å². The van der Waals surface area contributed by atoms with Gasteiger partial charge in [0, 0.05) is 13.1 Å². The Bertz CT molecular complexity index is 588. The van der Waals surface area contributed by atoms with Crippen molar-refractivity contribution in [3.05, 3.63) is 36.4 Å². The van der Waals surface area contributed by atoms with Gasteiger partial charge in [0.05, 0.1) is 17.3 Å². The van der Waals surface area contributed by atoms with Crippen LogP contribution >= 0.6 is 0 Å². The number of nitriles is 1. The Morgan fingerprint density at radius 1 is 1.56 bits per heavy atom. The van der Waals surface area contributed by atoms with Crippen LogP contribution in [0.2, 0.25) is 0 Å². The van der Waals surface area contributed by atoms with Crippen molar-refractivity contribution in [2.45, 2.75) is 11.8 Å². The molecule has 0 saturated heterocycles. The van der Waals surface area contributed by atoms with Crippen molar-refractivity contribution in [3.63, 3.8) is 0 Å². The van der Waals surface area contributed by atoms with Crippen molar-refractivity contribution in [1.82, 2.24) is 4.31 Å². The van der Waals surface area contributed by atoms with Gasteiger partial charge in [-0.15, -0.1) is 6.58 Å². The smallest absolute Gasteiger partial charge is 0.245 e. The molecule has 0 aliphatic heterocycles. The first kappa shape index (κ1) is 14.2. The maximum atomic E-state index is 12.3. The molecule has 0 spiro atoms. The van der Waals surface area contributed by atoms with E-state index in [-0.39, 0.29) is 17.1 Å². The predicted octanol–water partition coefficient (Wildman–Crippen LogP) is 1.34. The van der Waals surface area contributed by atoms with E-state index in [2.05, 4.69) is 6.58 Å². The van der Waals surface area contributed by atoms with Crippen LogP contribution in [0.4, 0.5) is 5.69 Å². The maximum Gasteiger partial charge on any atom is 0.245 e. The highest BCUT2D eigenvalue weighted by molar-refractivity contribution is 7.89. The average Bonchev–Trinajstić information content (AvgIpc) is 2.35. The summed E-state index contributed by atoms with van der Waals surface area (Å²) in [4.78, 5) is 0.0187. The Morgan fingerprint density at radius 3 is 2.67 bits per heavy atom. The van der Waals surface area contributed by atoms with Crippen LogP contribution in [0, 0.1) is 11.3 Å². The van der Waals surface area contributed by atoms with Gasteiger partial charge in [-0.2, -0.15) is 9.57 Å². The summed E-state index contributed by atoms with van der Waals surface area (Å²) in [7, 11) is -3.64. The molecule has 0 fully saturated rings. The van der Waals surface area contributed by atoms with E-state index in [4.69, 9.17) is 11.0 Å². The fourth-order valence-corrected chi connectivity index (χ4v) is 3.05. The minimum Gasteiger partial charge on any atom is -0.398 e. The van der Waals surface area contributed by atoms with E-state index in [0.717, 1.165) is 0 Å². The van der Waals surface area contributed by atoms with Gasteiger partial charge < -0.3 is 5.73 Å². The van der Waals surface area contributed by atoms with Gasteiger partial charge in [-0.1, -0.05) is 13.0 Å². The summed E-state index contributed by atoms with van der Waals surface area (Å²) < 4.78 is 25.8. The molecule has 0 unspecified atom stereocenters. The van der Waals surface area contributed by atoms with E-state index in [0.29, 0.717) is 12.1 Å². The van der Waals surface area contributed by atoms with Gasteiger partial charge in [0.15, 0.2) is 0 Å². The molecule has 1 aromatic carbocycles. The molecular weight excluding hydrogens is 250 g/mol. The second-order valence-electron chi connectivity index (χ2n) is 3.61. The lowest BCUT2D eigenvalue weighted by Crippen LogP contribution is -2.31. The third kappa shape index (κ3) is 2.70. The number of anilines is 1. The van der Waals surface area contributed by atoms with Crippen LogP contribution in [0.15, 0.2) is 35.7 Å². The van der Waals surface area contributed by atoms with Crippen LogP contribution in [0.3, 0.4) is 0 Å². The third-order valence-corrected chi connectivity index (χ3v) is 4.46. The molecule has 6 heteroatoms. The first-order valence-electron chi connectivity index (χ1n) is 5.38. The Kier molecular flexibility index (Phi) is 4.48. The van der Waals surface area contributed by atoms with Gasteiger partial charge in [-0.25, -0.2) is 8.42 Å². The highest BCUT2D eigenvalue weighted by Gasteiger charge is 2.24. The molecule has 0 atom stereocenters. The Labute approximate surface area is 107 Å². The lowest BCUT2D eigenvalue weighted by molar-refractivity contribution is 0.460. The lowest BCUT2D eigenvalue weighted by Gasteiger charge is -2.19. The van der Waals surface area contributed by atoms with Crippen LogP contribution in [-0.4, -0.2) is 25.8 Å². The largest absolute Gasteiger partial charge is 0.398 e. The molecule has 18 heavy (non-hydrogen) atoms. The Hall–Kier alpha value is -1.84. The molecule has 0 saturated carbocycles. The van der Waals surface area contributed by atoms with Crippen molar-refractivity contribution in [2.75, 3.05) is 18.8 Å². The number of rotatable bonds is 5. The minimum atomic E-state index is -3.64. The van der Waals surface area contributed by atoms with Crippen LogP contribution < -0.4 is 5.73 Å². The monoisotopic (exact) mass is 265 g/mol. The van der Waals surface area contributed by atoms with E-state index in [1.165, 1.54) is 28.6 Å². The van der Waals surface area contributed by atoms with Crippen LogP contribution in [0.1, 0.15) is 12.5 Å². The average molecular weight is 265 g/mol. The zero-order valence-electron chi connectivity index (χ0n) is 10.1. The van der Waals surface area contributed by atoms with Crippen molar-refractivity contribution in [2.24, 2.45) is 0 Å². The maximum absolute atomic E-state index is 12.3. The summed E-state index contributed by atoms with van der Waals surface area (Å²) in [6.45, 7) is 5.81. The molecule has 0 radical (unpaired) electrons. The van der Waals surface area contributed by atoms with E-state index in [1.807, 2.05) is 6.07 Å². The number of hydrogen-bond acceptors (Lipinski definition) is 4. The van der Waals surface area contributed by atoms with Gasteiger partial charge in [0.1, 0.15) is 4.90 Å². The minimum absolute atomic E-state index is 0.0187. The number of sulfonamides is 1. The molecule has 96 valence electrons. The van der Waals surface area contributed by atoms with Crippen LogP contribution in [0.5, 0.6) is 0 Å². The molecule has 0 aromatic heterocycles. The van der Waals surface area contributed by atoms with Crippen LogP contribution in [-0.2, 0) is 10.0 Å². The van der Waals surface area contributed by atoms with Gasteiger partial charge in [0.2, 0.25) is 10.0 Å². The van der Waals surface area contributed by atoms with Crippen LogP contribution in [0.25, 0.3) is 0 Å². The molecular formula is C12H15N3O2S. The normalized spacial score (nSPS) is 11.2. The van der Waals surface area contributed by atoms with E-state index >= 15 is 0 Å². The lowest BCUT2D eigenvalue weighted by atomic mass is 10.2. The van der Waals surface area contributed by atoms with E-state index < -0.39 is 10.0 Å². The predicted molar refractivity (Wildman–Crippen MR) is 70.2 cm³/mol. The second kappa shape index (κ2) is 5.67. The number of nitrogens with zero attached hydrogens (tertiary/aromatic N) is 2. The summed E-state index contributed by atoms with van der Waals surface area (Å²) in [6, 6.07) is 6.06. The molecule has 2 N–H and O–H groups in total. The quantitative estimate of drug-likeness (QED) is 0.642. The first-order chi connectivity index (χ1) is 8.47. The Balaban J connectivity index is 3.28. The number of nitrogens with two attached hydrogens (primary N) is 1. The summed E-state index contributed by atoms with van der Waals surface area (Å²) >= 11 is 0. The van der Waals surface area contributed by atoms with E-state index in [1.54, 1.807) is 6.92 Å². The molecule has 0 amide bonds. The highest BCUT2D eigenvalue weighted by atomic mass is 32.2. The summed E-state index contributed by atoms with van der Waals surface area (Å²) in [5, 5.41) is 8.72. The number of benzene rings is 1. The summed E-state index contributed by atoms with van der Waals surface area (Å²) in [5.74, 6) is 0. The van der Waals surface area contributed by atoms with Gasteiger partial charge in [-0.05, 0) is 18.2 Å². The fourth-order valence-electron chi connectivity index (χ4n) is 1.53. The summed E-state index contributed by atoms with van der Waals surface area (Å²) in [6.07, 6.45) is 1.51. The number of hydrogen-bond donors (Lipinski definition) is 1. The van der Waals surface area contributed by atoms with Gasteiger partial charge in [-0.3, -0.25) is 0 Å². The molecule has 5 nitrogen and oxygen atoms in total. The molecule has 1 aromatic rings. The number of nitrogen functional groups attached to an aromatic ring is 1. The second-order valence-corrected chi connectivity index (χ2v) is 5.52. The highest BCUT2D eigenvalue weighted by Crippen LogP contribution is 2.23. The molecule has 0 bridgehead atoms. The fraction of sp³-hybridized carbons (Fsp3) is 0.250. The molecule has 0 heterocycles. The van der Waals surface area contributed by atoms with Crippen molar-refractivity contribution >= 4 is 15.7 Å². The molecule has 0 aliphatic carbocycles.